The van der Waals surface area contributed by atoms with Gasteiger partial charge in [0.1, 0.15) is 0 Å². The molecule has 78 valence electrons. The van der Waals surface area contributed by atoms with Crippen LogP contribution in [-0.2, 0) is 0 Å². The lowest BCUT2D eigenvalue weighted by Gasteiger charge is -2.24. The number of allylic oxidation sites excluding steroid dienone is 1. The lowest BCUT2D eigenvalue weighted by molar-refractivity contribution is 0.435. The maximum atomic E-state index is 3.53. The summed E-state index contributed by atoms with van der Waals surface area (Å²) in [5.74, 6) is 0.653. The van der Waals surface area contributed by atoms with Crippen molar-refractivity contribution in [2.24, 2.45) is 5.92 Å². The summed E-state index contributed by atoms with van der Waals surface area (Å²) in [6, 6.07) is 0. The van der Waals surface area contributed by atoms with E-state index in [1.165, 1.54) is 11.1 Å². The van der Waals surface area contributed by atoms with Gasteiger partial charge in [0.15, 0.2) is 0 Å². The third-order valence-electron chi connectivity index (χ3n) is 2.15. The van der Waals surface area contributed by atoms with Gasteiger partial charge in [-0.25, -0.2) is 0 Å². The highest BCUT2D eigenvalue weighted by Gasteiger charge is 2.11. The van der Waals surface area contributed by atoms with Gasteiger partial charge >= 0.3 is 0 Å². The lowest BCUT2D eigenvalue weighted by atomic mass is 9.97. The van der Waals surface area contributed by atoms with Crippen LogP contribution in [0.5, 0.6) is 0 Å². The van der Waals surface area contributed by atoms with Gasteiger partial charge in [0.25, 0.3) is 0 Å². The second-order valence-corrected chi connectivity index (χ2v) is 5.28. The highest BCUT2D eigenvalue weighted by molar-refractivity contribution is 5.14. The van der Waals surface area contributed by atoms with Crippen LogP contribution in [0.3, 0.4) is 0 Å². The Morgan fingerprint density at radius 3 is 1.85 bits per heavy atom. The van der Waals surface area contributed by atoms with Gasteiger partial charge < -0.3 is 5.32 Å². The first-order valence-corrected chi connectivity index (χ1v) is 5.15. The van der Waals surface area contributed by atoms with Crippen LogP contribution in [0.1, 0.15) is 48.5 Å². The van der Waals surface area contributed by atoms with Crippen LogP contribution < -0.4 is 5.32 Å². The molecule has 0 amide bonds. The molecule has 0 spiro atoms. The summed E-state index contributed by atoms with van der Waals surface area (Å²) in [4.78, 5) is 0. The fourth-order valence-corrected chi connectivity index (χ4v) is 1.32. The van der Waals surface area contributed by atoms with Crippen LogP contribution in [0.25, 0.3) is 0 Å². The molecular formula is C12H25N. The fourth-order valence-electron chi connectivity index (χ4n) is 1.32. The average Bonchev–Trinajstić information content (AvgIpc) is 1.82. The Kier molecular flexibility index (Phi) is 4.69. The predicted molar refractivity (Wildman–Crippen MR) is 61.0 cm³/mol. The molecule has 0 bridgehead atoms. The van der Waals surface area contributed by atoms with E-state index < -0.39 is 0 Å². The summed E-state index contributed by atoms with van der Waals surface area (Å²) >= 11 is 0. The van der Waals surface area contributed by atoms with Crippen LogP contribution in [0.2, 0.25) is 0 Å². The standard InChI is InChI=1S/C12H25N/c1-9(2)11(10(3)4)8-13-12(5,6)7/h9,13H,8H2,1-7H3. The first-order valence-electron chi connectivity index (χ1n) is 5.15. The topological polar surface area (TPSA) is 12.0 Å². The molecular weight excluding hydrogens is 158 g/mol. The van der Waals surface area contributed by atoms with E-state index in [1.54, 1.807) is 0 Å². The Morgan fingerprint density at radius 1 is 1.15 bits per heavy atom. The molecule has 0 saturated carbocycles. The molecule has 1 N–H and O–H groups in total. The Labute approximate surface area is 83.6 Å². The van der Waals surface area contributed by atoms with Crippen molar-refractivity contribution >= 4 is 0 Å². The van der Waals surface area contributed by atoms with Gasteiger partial charge in [0.2, 0.25) is 0 Å². The maximum Gasteiger partial charge on any atom is 0.0174 e. The highest BCUT2D eigenvalue weighted by Crippen LogP contribution is 2.14. The first kappa shape index (κ1) is 12.7. The average molecular weight is 183 g/mol. The molecule has 1 nitrogen and oxygen atoms in total. The molecule has 0 aliphatic heterocycles. The van der Waals surface area contributed by atoms with Crippen LogP contribution in [-0.4, -0.2) is 12.1 Å². The van der Waals surface area contributed by atoms with Crippen molar-refractivity contribution in [1.29, 1.82) is 0 Å². The first-order chi connectivity index (χ1) is 5.74. The molecule has 0 atom stereocenters. The predicted octanol–water partition coefficient (Wildman–Crippen LogP) is 3.37. The van der Waals surface area contributed by atoms with Crippen molar-refractivity contribution in [2.75, 3.05) is 6.54 Å². The lowest BCUT2D eigenvalue weighted by Crippen LogP contribution is -2.37. The second-order valence-electron chi connectivity index (χ2n) is 5.28. The molecule has 0 heterocycles. The second kappa shape index (κ2) is 4.80. The molecule has 13 heavy (non-hydrogen) atoms. The number of rotatable bonds is 3. The Bertz CT molecular complexity index is 178. The van der Waals surface area contributed by atoms with Crippen molar-refractivity contribution in [2.45, 2.75) is 54.0 Å². The van der Waals surface area contributed by atoms with E-state index >= 15 is 0 Å². The largest absolute Gasteiger partial charge is 0.308 e. The summed E-state index contributed by atoms with van der Waals surface area (Å²) in [6.07, 6.45) is 0. The summed E-state index contributed by atoms with van der Waals surface area (Å²) in [7, 11) is 0. The fraction of sp³-hybridized carbons (Fsp3) is 0.833. The van der Waals surface area contributed by atoms with Crippen molar-refractivity contribution in [3.63, 3.8) is 0 Å². The molecule has 0 aromatic rings. The van der Waals surface area contributed by atoms with Crippen molar-refractivity contribution in [1.82, 2.24) is 5.32 Å². The Balaban J connectivity index is 4.24. The number of nitrogens with one attached hydrogen (secondary N) is 1. The molecule has 0 radical (unpaired) electrons. The van der Waals surface area contributed by atoms with E-state index in [0.717, 1.165) is 6.54 Å². The molecule has 0 rings (SSSR count). The zero-order valence-corrected chi connectivity index (χ0v) is 10.3. The molecule has 0 aromatic heterocycles. The van der Waals surface area contributed by atoms with Crippen LogP contribution in [0, 0.1) is 5.92 Å². The number of hydrogen-bond donors (Lipinski definition) is 1. The van der Waals surface area contributed by atoms with Crippen LogP contribution in [0.15, 0.2) is 11.1 Å². The highest BCUT2D eigenvalue weighted by atomic mass is 14.9. The van der Waals surface area contributed by atoms with E-state index in [1.807, 2.05) is 0 Å². The molecule has 0 aromatic carbocycles. The molecule has 0 saturated heterocycles. The normalized spacial score (nSPS) is 12.0. The Morgan fingerprint density at radius 2 is 1.62 bits per heavy atom. The van der Waals surface area contributed by atoms with Gasteiger partial charge in [-0.15, -0.1) is 0 Å². The van der Waals surface area contributed by atoms with Gasteiger partial charge in [0, 0.05) is 12.1 Å². The van der Waals surface area contributed by atoms with Crippen molar-refractivity contribution in [3.8, 4) is 0 Å². The maximum absolute atomic E-state index is 3.53. The molecule has 0 aliphatic rings. The van der Waals surface area contributed by atoms with Gasteiger partial charge in [-0.3, -0.25) is 0 Å². The van der Waals surface area contributed by atoms with Crippen LogP contribution >= 0.6 is 0 Å². The SMILES string of the molecule is CC(C)=C(CNC(C)(C)C)C(C)C. The van der Waals surface area contributed by atoms with Gasteiger partial charge in [-0.2, -0.15) is 0 Å². The van der Waals surface area contributed by atoms with Gasteiger partial charge in [0.05, 0.1) is 0 Å². The van der Waals surface area contributed by atoms with Gasteiger partial charge in [-0.05, 0) is 40.5 Å². The summed E-state index contributed by atoms with van der Waals surface area (Å²) in [6.45, 7) is 16.5. The van der Waals surface area contributed by atoms with E-state index in [0.29, 0.717) is 5.92 Å². The van der Waals surface area contributed by atoms with Crippen molar-refractivity contribution in [3.05, 3.63) is 11.1 Å². The minimum absolute atomic E-state index is 0.218. The van der Waals surface area contributed by atoms with Crippen LogP contribution in [0.4, 0.5) is 0 Å². The molecule has 0 unspecified atom stereocenters. The van der Waals surface area contributed by atoms with Gasteiger partial charge in [-0.1, -0.05) is 25.0 Å². The molecule has 1 heteroatoms. The monoisotopic (exact) mass is 183 g/mol. The van der Waals surface area contributed by atoms with Crippen molar-refractivity contribution < 1.29 is 0 Å². The summed E-state index contributed by atoms with van der Waals surface area (Å²) in [5, 5.41) is 3.53. The smallest absolute Gasteiger partial charge is 0.0174 e. The third-order valence-corrected chi connectivity index (χ3v) is 2.15. The zero-order chi connectivity index (χ0) is 10.6. The minimum Gasteiger partial charge on any atom is -0.308 e. The minimum atomic E-state index is 0.218. The summed E-state index contributed by atoms with van der Waals surface area (Å²) < 4.78 is 0. The molecule has 0 fully saturated rings. The van der Waals surface area contributed by atoms with E-state index in [2.05, 4.69) is 53.8 Å². The molecule has 0 aliphatic carbocycles. The van der Waals surface area contributed by atoms with E-state index in [4.69, 9.17) is 0 Å². The van der Waals surface area contributed by atoms with E-state index in [9.17, 15) is 0 Å². The van der Waals surface area contributed by atoms with E-state index in [-0.39, 0.29) is 5.54 Å². The zero-order valence-electron chi connectivity index (χ0n) is 10.3. The Hall–Kier alpha value is -0.300. The third kappa shape index (κ3) is 5.87. The summed E-state index contributed by atoms with van der Waals surface area (Å²) in [5.41, 5.74) is 3.21. The quantitative estimate of drug-likeness (QED) is 0.661. The number of hydrogen-bond acceptors (Lipinski definition) is 1.